The van der Waals surface area contributed by atoms with Crippen molar-refractivity contribution in [3.63, 3.8) is 0 Å². The molecule has 0 radical (unpaired) electrons. The molecule has 2 amide bonds. The van der Waals surface area contributed by atoms with E-state index in [1.165, 1.54) is 6.07 Å². The first-order chi connectivity index (χ1) is 9.58. The molecule has 0 spiro atoms. The van der Waals surface area contributed by atoms with Gasteiger partial charge in [-0.1, -0.05) is 36.4 Å². The minimum atomic E-state index is -0.798. The number of amides is 2. The normalized spacial score (nSPS) is 11.7. The minimum absolute atomic E-state index is 0.327. The average Bonchev–Trinajstić information content (AvgIpc) is 2.47. The van der Waals surface area contributed by atoms with E-state index < -0.39 is 11.3 Å². The Morgan fingerprint density at radius 2 is 1.75 bits per heavy atom. The molecule has 1 unspecified atom stereocenters. The number of primary amides is 1. The second kappa shape index (κ2) is 6.21. The lowest BCUT2D eigenvalue weighted by Gasteiger charge is -2.11. The zero-order valence-electron chi connectivity index (χ0n) is 10.5. The fourth-order valence-corrected chi connectivity index (χ4v) is 1.93. The van der Waals surface area contributed by atoms with Crippen molar-refractivity contribution in [3.05, 3.63) is 65.7 Å². The van der Waals surface area contributed by atoms with Crippen LogP contribution in [-0.4, -0.2) is 11.8 Å². The van der Waals surface area contributed by atoms with E-state index in [9.17, 15) is 9.59 Å². The highest BCUT2D eigenvalue weighted by molar-refractivity contribution is 6.32. The van der Waals surface area contributed by atoms with E-state index in [2.05, 4.69) is 5.32 Å². The lowest BCUT2D eigenvalue weighted by Crippen LogP contribution is -2.18. The molecule has 0 bridgehead atoms. The lowest BCUT2D eigenvalue weighted by molar-refractivity contribution is -0.116. The van der Waals surface area contributed by atoms with E-state index in [0.29, 0.717) is 16.8 Å². The molecule has 0 aromatic heterocycles. The molecule has 0 aliphatic rings. The fourth-order valence-electron chi connectivity index (χ4n) is 1.73. The fraction of sp³-hybridized carbons (Fsp3) is 0.0667. The Hall–Kier alpha value is -2.33. The Morgan fingerprint density at radius 1 is 1.05 bits per heavy atom. The number of hydrogen-bond acceptors (Lipinski definition) is 2. The Kier molecular flexibility index (Phi) is 4.38. The number of halogens is 1. The van der Waals surface area contributed by atoms with Crippen LogP contribution in [0.5, 0.6) is 0 Å². The summed E-state index contributed by atoms with van der Waals surface area (Å²) in [5.74, 6) is -0.911. The molecular weight excluding hydrogens is 276 g/mol. The molecule has 102 valence electrons. The first-order valence-corrected chi connectivity index (χ1v) is 6.41. The van der Waals surface area contributed by atoms with Crippen molar-refractivity contribution in [1.29, 1.82) is 0 Å². The second-order valence-electron chi connectivity index (χ2n) is 4.21. The lowest BCUT2D eigenvalue weighted by atomic mass is 10.1. The van der Waals surface area contributed by atoms with Crippen LogP contribution in [0.25, 0.3) is 0 Å². The Balaban J connectivity index is 2.12. The van der Waals surface area contributed by atoms with Gasteiger partial charge in [0.1, 0.15) is 5.38 Å². The van der Waals surface area contributed by atoms with Gasteiger partial charge in [0.25, 0.3) is 0 Å². The molecule has 0 aliphatic heterocycles. The summed E-state index contributed by atoms with van der Waals surface area (Å²) in [6.45, 7) is 0. The quantitative estimate of drug-likeness (QED) is 0.849. The summed E-state index contributed by atoms with van der Waals surface area (Å²) in [5, 5.41) is 1.86. The van der Waals surface area contributed by atoms with E-state index in [1.54, 1.807) is 30.3 Å². The molecule has 0 saturated carbocycles. The Morgan fingerprint density at radius 3 is 2.40 bits per heavy atom. The molecule has 0 aliphatic carbocycles. The monoisotopic (exact) mass is 288 g/mol. The predicted molar refractivity (Wildman–Crippen MR) is 78.6 cm³/mol. The van der Waals surface area contributed by atoms with E-state index in [1.807, 2.05) is 18.2 Å². The summed E-state index contributed by atoms with van der Waals surface area (Å²) in [5.41, 5.74) is 6.70. The summed E-state index contributed by atoms with van der Waals surface area (Å²) in [6, 6.07) is 15.4. The Labute approximate surface area is 121 Å². The van der Waals surface area contributed by atoms with Crippen LogP contribution in [0.3, 0.4) is 0 Å². The van der Waals surface area contributed by atoms with Gasteiger partial charge in [0.2, 0.25) is 11.8 Å². The minimum Gasteiger partial charge on any atom is -0.366 e. The van der Waals surface area contributed by atoms with Gasteiger partial charge in [-0.2, -0.15) is 0 Å². The maximum atomic E-state index is 12.0. The summed E-state index contributed by atoms with van der Waals surface area (Å²) < 4.78 is 0. The van der Waals surface area contributed by atoms with E-state index >= 15 is 0 Å². The van der Waals surface area contributed by atoms with E-state index in [4.69, 9.17) is 17.3 Å². The third-order valence-electron chi connectivity index (χ3n) is 2.74. The maximum absolute atomic E-state index is 12.0. The van der Waals surface area contributed by atoms with Crippen LogP contribution >= 0.6 is 11.6 Å². The van der Waals surface area contributed by atoms with Crippen molar-refractivity contribution >= 4 is 29.1 Å². The van der Waals surface area contributed by atoms with E-state index in [0.717, 1.165) is 0 Å². The number of carbonyl (C=O) groups excluding carboxylic acids is 2. The van der Waals surface area contributed by atoms with Gasteiger partial charge in [-0.05, 0) is 23.8 Å². The van der Waals surface area contributed by atoms with Crippen LogP contribution in [0.2, 0.25) is 0 Å². The summed E-state index contributed by atoms with van der Waals surface area (Å²) >= 11 is 6.11. The van der Waals surface area contributed by atoms with Crippen molar-refractivity contribution in [1.82, 2.24) is 0 Å². The van der Waals surface area contributed by atoms with Crippen LogP contribution in [0.1, 0.15) is 21.3 Å². The standard InChI is InChI=1S/C15H13ClN2O2/c16-13(10-5-2-1-3-6-10)15(20)18-12-8-4-7-11(9-12)14(17)19/h1-9,13H,(H2,17,19)(H,18,20). The highest BCUT2D eigenvalue weighted by Crippen LogP contribution is 2.22. The van der Waals surface area contributed by atoms with Crippen LogP contribution in [0, 0.1) is 0 Å². The molecule has 20 heavy (non-hydrogen) atoms. The van der Waals surface area contributed by atoms with Gasteiger partial charge in [0.15, 0.2) is 0 Å². The van der Waals surface area contributed by atoms with Crippen molar-refractivity contribution < 1.29 is 9.59 Å². The molecule has 2 aromatic carbocycles. The van der Waals surface area contributed by atoms with Gasteiger partial charge in [-0.3, -0.25) is 9.59 Å². The number of hydrogen-bond donors (Lipinski definition) is 2. The molecule has 0 saturated heterocycles. The largest absolute Gasteiger partial charge is 0.366 e. The number of alkyl halides is 1. The second-order valence-corrected chi connectivity index (χ2v) is 4.64. The summed E-state index contributed by atoms with van der Waals surface area (Å²) in [6.07, 6.45) is 0. The number of rotatable bonds is 4. The number of nitrogens with two attached hydrogens (primary N) is 1. The molecule has 5 heteroatoms. The number of benzene rings is 2. The first-order valence-electron chi connectivity index (χ1n) is 5.97. The highest BCUT2D eigenvalue weighted by Gasteiger charge is 2.17. The number of nitrogens with one attached hydrogen (secondary N) is 1. The third kappa shape index (κ3) is 3.36. The van der Waals surface area contributed by atoms with Gasteiger partial charge in [0, 0.05) is 11.3 Å². The van der Waals surface area contributed by atoms with Gasteiger partial charge in [-0.25, -0.2) is 0 Å². The molecular formula is C15H13ClN2O2. The van der Waals surface area contributed by atoms with Gasteiger partial charge in [0.05, 0.1) is 0 Å². The number of anilines is 1. The smallest absolute Gasteiger partial charge is 0.248 e. The molecule has 0 fully saturated rings. The zero-order chi connectivity index (χ0) is 14.5. The topological polar surface area (TPSA) is 72.2 Å². The van der Waals surface area contributed by atoms with Gasteiger partial charge < -0.3 is 11.1 Å². The third-order valence-corrected chi connectivity index (χ3v) is 3.19. The predicted octanol–water partition coefficient (Wildman–Crippen LogP) is 2.70. The van der Waals surface area contributed by atoms with Crippen LogP contribution in [-0.2, 0) is 4.79 Å². The molecule has 0 heterocycles. The first kappa shape index (κ1) is 14.1. The van der Waals surface area contributed by atoms with Crippen LogP contribution in [0.4, 0.5) is 5.69 Å². The number of carbonyl (C=O) groups is 2. The van der Waals surface area contributed by atoms with Crippen LogP contribution < -0.4 is 11.1 Å². The van der Waals surface area contributed by atoms with Crippen molar-refractivity contribution in [2.45, 2.75) is 5.38 Å². The molecule has 2 rings (SSSR count). The highest BCUT2D eigenvalue weighted by atomic mass is 35.5. The molecule has 4 nitrogen and oxygen atoms in total. The zero-order valence-corrected chi connectivity index (χ0v) is 11.3. The van der Waals surface area contributed by atoms with Gasteiger partial charge in [-0.15, -0.1) is 11.6 Å². The average molecular weight is 289 g/mol. The SMILES string of the molecule is NC(=O)c1cccc(NC(=O)C(Cl)c2ccccc2)c1. The maximum Gasteiger partial charge on any atom is 0.248 e. The Bertz CT molecular complexity index is 629. The summed E-state index contributed by atoms with van der Waals surface area (Å²) in [4.78, 5) is 23.1. The van der Waals surface area contributed by atoms with Crippen LogP contribution in [0.15, 0.2) is 54.6 Å². The van der Waals surface area contributed by atoms with E-state index in [-0.39, 0.29) is 5.91 Å². The van der Waals surface area contributed by atoms with Gasteiger partial charge >= 0.3 is 0 Å². The van der Waals surface area contributed by atoms with Crippen molar-refractivity contribution in [2.24, 2.45) is 5.73 Å². The summed E-state index contributed by atoms with van der Waals surface area (Å²) in [7, 11) is 0. The molecule has 3 N–H and O–H groups in total. The molecule has 2 aromatic rings. The van der Waals surface area contributed by atoms with Crippen molar-refractivity contribution in [3.8, 4) is 0 Å². The molecule has 1 atom stereocenters. The van der Waals surface area contributed by atoms with Crippen molar-refractivity contribution in [2.75, 3.05) is 5.32 Å².